The minimum absolute atomic E-state index is 0.217. The number of hydrogen-bond acceptors (Lipinski definition) is 6. The van der Waals surface area contributed by atoms with Crippen molar-refractivity contribution in [1.82, 2.24) is 9.21 Å². The van der Waals surface area contributed by atoms with Crippen molar-refractivity contribution in [2.45, 2.75) is 38.2 Å². The van der Waals surface area contributed by atoms with Gasteiger partial charge in [0.1, 0.15) is 18.0 Å². The fraction of sp³-hybridized carbons (Fsp3) is 0.632. The van der Waals surface area contributed by atoms with Gasteiger partial charge in [-0.25, -0.2) is 13.2 Å². The normalized spacial score (nSPS) is 16.1. The van der Waals surface area contributed by atoms with Crippen molar-refractivity contribution in [3.05, 3.63) is 23.8 Å². The lowest BCUT2D eigenvalue weighted by Gasteiger charge is -2.35. The predicted molar refractivity (Wildman–Crippen MR) is 105 cm³/mol. The molecule has 0 aromatic heterocycles. The molecule has 28 heavy (non-hydrogen) atoms. The molecule has 0 aliphatic carbocycles. The van der Waals surface area contributed by atoms with Crippen molar-refractivity contribution in [3.8, 4) is 5.75 Å². The molecule has 2 rings (SSSR count). The van der Waals surface area contributed by atoms with Gasteiger partial charge in [0.05, 0.1) is 11.5 Å². The number of methoxy groups -OCH3 is 1. The molecule has 0 spiro atoms. The van der Waals surface area contributed by atoms with Crippen LogP contribution in [0.1, 0.15) is 26.3 Å². The molecule has 1 saturated heterocycles. The molecule has 1 amide bonds. The van der Waals surface area contributed by atoms with E-state index in [-0.39, 0.29) is 18.0 Å². The third kappa shape index (κ3) is 5.83. The van der Waals surface area contributed by atoms with E-state index in [9.17, 15) is 13.2 Å². The zero-order valence-electron chi connectivity index (χ0n) is 17.2. The summed E-state index contributed by atoms with van der Waals surface area (Å²) in [6.07, 6.45) is -0.419. The molecule has 1 aromatic rings. The monoisotopic (exact) mass is 414 g/mol. The minimum atomic E-state index is -3.64. The zero-order chi connectivity index (χ0) is 20.9. The highest BCUT2D eigenvalue weighted by Gasteiger charge is 2.32. The molecule has 0 bridgehead atoms. The number of nitrogens with zero attached hydrogens (tertiary/aromatic N) is 2. The number of rotatable bonds is 6. The maximum Gasteiger partial charge on any atom is 0.410 e. The molecule has 1 aromatic carbocycles. The van der Waals surface area contributed by atoms with Crippen LogP contribution in [0.15, 0.2) is 23.1 Å². The predicted octanol–water partition coefficient (Wildman–Crippen LogP) is 2.26. The Hall–Kier alpha value is -1.84. The van der Waals surface area contributed by atoms with Crippen molar-refractivity contribution < 1.29 is 27.4 Å². The van der Waals surface area contributed by atoms with Gasteiger partial charge in [0.15, 0.2) is 0 Å². The van der Waals surface area contributed by atoms with Crippen LogP contribution in [0.2, 0.25) is 0 Å². The topological polar surface area (TPSA) is 85.4 Å². The number of amides is 1. The third-order valence-electron chi connectivity index (χ3n) is 4.22. The molecule has 0 radical (unpaired) electrons. The van der Waals surface area contributed by atoms with Gasteiger partial charge in [0, 0.05) is 33.3 Å². The Morgan fingerprint density at radius 2 is 1.75 bits per heavy atom. The largest absolute Gasteiger partial charge is 0.491 e. The molecule has 8 nitrogen and oxygen atoms in total. The molecule has 1 heterocycles. The Kier molecular flexibility index (Phi) is 7.30. The van der Waals surface area contributed by atoms with Gasteiger partial charge in [-0.2, -0.15) is 4.31 Å². The maximum absolute atomic E-state index is 12.9. The number of piperazine rings is 1. The smallest absolute Gasteiger partial charge is 0.410 e. The van der Waals surface area contributed by atoms with Crippen molar-refractivity contribution in [1.29, 1.82) is 0 Å². The summed E-state index contributed by atoms with van der Waals surface area (Å²) >= 11 is 0. The molecule has 1 fully saturated rings. The van der Waals surface area contributed by atoms with E-state index in [4.69, 9.17) is 14.2 Å². The van der Waals surface area contributed by atoms with Crippen LogP contribution in [0.4, 0.5) is 4.79 Å². The molecular formula is C19H30N2O6S. The van der Waals surface area contributed by atoms with Gasteiger partial charge in [-0.1, -0.05) is 0 Å². The van der Waals surface area contributed by atoms with E-state index in [1.807, 2.05) is 6.92 Å². The minimum Gasteiger partial charge on any atom is -0.491 e. The molecule has 1 aliphatic rings. The van der Waals surface area contributed by atoms with Crippen LogP contribution in [0.5, 0.6) is 5.75 Å². The average molecular weight is 415 g/mol. The first-order chi connectivity index (χ1) is 13.0. The van der Waals surface area contributed by atoms with Crippen molar-refractivity contribution in [2.75, 3.05) is 46.5 Å². The molecule has 9 heteroatoms. The highest BCUT2D eigenvalue weighted by atomic mass is 32.2. The highest BCUT2D eigenvalue weighted by Crippen LogP contribution is 2.25. The first-order valence-electron chi connectivity index (χ1n) is 9.25. The summed E-state index contributed by atoms with van der Waals surface area (Å²) in [5.74, 6) is 0.630. The van der Waals surface area contributed by atoms with Crippen LogP contribution in [-0.2, 0) is 19.5 Å². The summed E-state index contributed by atoms with van der Waals surface area (Å²) < 4.78 is 43.2. The Bertz CT molecular complexity index is 780. The third-order valence-corrected chi connectivity index (χ3v) is 6.11. The number of benzene rings is 1. The van der Waals surface area contributed by atoms with Gasteiger partial charge < -0.3 is 19.1 Å². The second-order valence-electron chi connectivity index (χ2n) is 7.64. The van der Waals surface area contributed by atoms with Crippen molar-refractivity contribution >= 4 is 16.1 Å². The second kappa shape index (κ2) is 9.11. The second-order valence-corrected chi connectivity index (χ2v) is 9.58. The van der Waals surface area contributed by atoms with Gasteiger partial charge in [-0.3, -0.25) is 0 Å². The van der Waals surface area contributed by atoms with Crippen LogP contribution < -0.4 is 4.74 Å². The lowest BCUT2D eigenvalue weighted by atomic mass is 10.2. The Morgan fingerprint density at radius 1 is 1.11 bits per heavy atom. The van der Waals surface area contributed by atoms with Crippen LogP contribution in [0, 0.1) is 6.92 Å². The quantitative estimate of drug-likeness (QED) is 0.664. The number of sulfonamides is 1. The highest BCUT2D eigenvalue weighted by molar-refractivity contribution is 7.89. The van der Waals surface area contributed by atoms with Gasteiger partial charge >= 0.3 is 6.09 Å². The number of carbonyl (C=O) groups is 1. The standard InChI is InChI=1S/C19H30N2O6S/c1-15-14-16(6-7-17(15)26-13-12-25-5)28(23,24)21-10-8-20(9-11-21)18(22)27-19(2,3)4/h6-7,14H,8-13H2,1-5H3. The molecule has 0 N–H and O–H groups in total. The fourth-order valence-corrected chi connectivity index (χ4v) is 4.27. The van der Waals surface area contributed by atoms with E-state index >= 15 is 0 Å². The summed E-state index contributed by atoms with van der Waals surface area (Å²) in [6, 6.07) is 4.82. The van der Waals surface area contributed by atoms with Gasteiger partial charge in [-0.15, -0.1) is 0 Å². The SMILES string of the molecule is COCCOc1ccc(S(=O)(=O)N2CCN(C(=O)OC(C)(C)C)CC2)cc1C. The lowest BCUT2D eigenvalue weighted by Crippen LogP contribution is -2.51. The summed E-state index contributed by atoms with van der Waals surface area (Å²) in [4.78, 5) is 13.9. The van der Waals surface area contributed by atoms with Crippen molar-refractivity contribution in [3.63, 3.8) is 0 Å². The molecular weight excluding hydrogens is 384 g/mol. The van der Waals surface area contributed by atoms with Crippen LogP contribution in [-0.4, -0.2) is 75.8 Å². The average Bonchev–Trinajstić information content (AvgIpc) is 2.62. The molecule has 0 saturated carbocycles. The van der Waals surface area contributed by atoms with Crippen molar-refractivity contribution in [2.24, 2.45) is 0 Å². The van der Waals surface area contributed by atoms with Gasteiger partial charge in [0.25, 0.3) is 0 Å². The van der Waals surface area contributed by atoms with Crippen LogP contribution in [0.3, 0.4) is 0 Å². The van der Waals surface area contributed by atoms with E-state index in [1.165, 1.54) is 9.21 Å². The van der Waals surface area contributed by atoms with Gasteiger partial charge in [-0.05, 0) is 51.5 Å². The molecule has 158 valence electrons. The summed E-state index contributed by atoms with van der Waals surface area (Å²) in [7, 11) is -2.04. The molecule has 0 unspecified atom stereocenters. The summed E-state index contributed by atoms with van der Waals surface area (Å²) in [5.41, 5.74) is 0.162. The van der Waals surface area contributed by atoms with Crippen LogP contribution in [0.25, 0.3) is 0 Å². The number of aryl methyl sites for hydroxylation is 1. The maximum atomic E-state index is 12.9. The summed E-state index contributed by atoms with van der Waals surface area (Å²) in [6.45, 7) is 9.12. The number of ether oxygens (including phenoxy) is 3. The molecule has 0 atom stereocenters. The van der Waals surface area contributed by atoms with E-state index in [0.717, 1.165) is 5.56 Å². The number of hydrogen-bond donors (Lipinski definition) is 0. The lowest BCUT2D eigenvalue weighted by molar-refractivity contribution is 0.0192. The first kappa shape index (κ1) is 22.4. The number of carbonyl (C=O) groups excluding carboxylic acids is 1. The van der Waals surface area contributed by atoms with E-state index < -0.39 is 21.7 Å². The zero-order valence-corrected chi connectivity index (χ0v) is 18.0. The molecule has 1 aliphatic heterocycles. The fourth-order valence-electron chi connectivity index (χ4n) is 2.77. The Labute approximate surface area is 167 Å². The first-order valence-corrected chi connectivity index (χ1v) is 10.7. The van der Waals surface area contributed by atoms with Gasteiger partial charge in [0.2, 0.25) is 10.0 Å². The Balaban J connectivity index is 2.02. The van der Waals surface area contributed by atoms with E-state index in [2.05, 4.69) is 0 Å². The van der Waals surface area contributed by atoms with E-state index in [0.29, 0.717) is 32.1 Å². The van der Waals surface area contributed by atoms with Crippen LogP contribution >= 0.6 is 0 Å². The summed E-state index contributed by atoms with van der Waals surface area (Å²) in [5, 5.41) is 0. The Morgan fingerprint density at radius 3 is 2.29 bits per heavy atom. The van der Waals surface area contributed by atoms with E-state index in [1.54, 1.807) is 46.1 Å².